The maximum Gasteiger partial charge on any atom is 0.256 e. The lowest BCUT2D eigenvalue weighted by atomic mass is 9.65. The smallest absolute Gasteiger partial charge is 0.256 e. The van der Waals surface area contributed by atoms with Crippen molar-refractivity contribution in [3.63, 3.8) is 0 Å². The van der Waals surface area contributed by atoms with Gasteiger partial charge in [0.05, 0.1) is 13.2 Å². The Morgan fingerprint density at radius 1 is 1.11 bits per heavy atom. The molecule has 3 aliphatic rings. The van der Waals surface area contributed by atoms with E-state index < -0.39 is 16.6 Å². The van der Waals surface area contributed by atoms with Gasteiger partial charge >= 0.3 is 0 Å². The Labute approximate surface area is 210 Å². The summed E-state index contributed by atoms with van der Waals surface area (Å²) in [4.78, 5) is 20.8. The van der Waals surface area contributed by atoms with Crippen molar-refractivity contribution in [2.75, 3.05) is 6.61 Å². The Kier molecular flexibility index (Phi) is 6.68. The van der Waals surface area contributed by atoms with E-state index in [1.54, 1.807) is 12.1 Å². The van der Waals surface area contributed by atoms with Crippen molar-refractivity contribution in [3.8, 4) is 11.1 Å². The van der Waals surface area contributed by atoms with Crippen molar-refractivity contribution in [1.29, 1.82) is 0 Å². The molecule has 0 bridgehead atoms. The quantitative estimate of drug-likeness (QED) is 0.417. The van der Waals surface area contributed by atoms with Gasteiger partial charge in [0.2, 0.25) is 0 Å². The van der Waals surface area contributed by atoms with Gasteiger partial charge in [-0.15, -0.1) is 0 Å². The van der Waals surface area contributed by atoms with Crippen LogP contribution in [-0.2, 0) is 33.8 Å². The average Bonchev–Trinajstić information content (AvgIpc) is 3.58. The summed E-state index contributed by atoms with van der Waals surface area (Å²) in [7, 11) is 0. The number of amides is 1. The topological polar surface area (TPSA) is 82.0 Å². The summed E-state index contributed by atoms with van der Waals surface area (Å²) in [6.07, 6.45) is 7.18. The molecule has 6 nitrogen and oxygen atoms in total. The first kappa shape index (κ1) is 24.3. The fraction of sp³-hybridized carbons (Fsp3) is 0.500. The van der Waals surface area contributed by atoms with Gasteiger partial charge in [-0.25, -0.2) is 0 Å². The fourth-order valence-electron chi connectivity index (χ4n) is 5.72. The van der Waals surface area contributed by atoms with Gasteiger partial charge in [0.25, 0.3) is 5.91 Å². The zero-order valence-electron chi connectivity index (χ0n) is 20.5. The third kappa shape index (κ3) is 4.61. The summed E-state index contributed by atoms with van der Waals surface area (Å²) in [5.41, 5.74) is 3.28. The Bertz CT molecular complexity index is 1180. The summed E-state index contributed by atoms with van der Waals surface area (Å²) in [5.74, 6) is 1.08. The largest absolute Gasteiger partial charge is 0.768 e. The number of aliphatic imine (C=N–C) groups is 1. The Hall–Kier alpha value is -2.35. The molecule has 2 saturated carbocycles. The molecule has 5 rings (SSSR count). The zero-order valence-corrected chi connectivity index (χ0v) is 21.4. The minimum atomic E-state index is -2.34. The number of ether oxygens (including phenoxy) is 1. The van der Waals surface area contributed by atoms with E-state index in [-0.39, 0.29) is 10.8 Å². The van der Waals surface area contributed by atoms with Gasteiger partial charge < -0.3 is 9.29 Å². The lowest BCUT2D eigenvalue weighted by Crippen LogP contribution is -2.51. The normalized spacial score (nSPS) is 20.3. The van der Waals surface area contributed by atoms with Crippen LogP contribution in [0, 0.1) is 5.41 Å². The Morgan fingerprint density at radius 3 is 2.57 bits per heavy atom. The van der Waals surface area contributed by atoms with E-state index in [0.717, 1.165) is 54.6 Å². The van der Waals surface area contributed by atoms with E-state index in [9.17, 15) is 13.6 Å². The summed E-state index contributed by atoms with van der Waals surface area (Å²) in [5, 5.41) is 0. The minimum Gasteiger partial charge on any atom is -0.768 e. The first-order valence-corrected chi connectivity index (χ1v) is 13.8. The van der Waals surface area contributed by atoms with Gasteiger partial charge in [-0.05, 0) is 83.8 Å². The molecule has 35 heavy (non-hydrogen) atoms. The number of carbonyl (C=O) groups is 1. The fourth-order valence-corrected chi connectivity index (χ4v) is 6.27. The van der Waals surface area contributed by atoms with Crippen molar-refractivity contribution in [2.45, 2.75) is 82.4 Å². The standard InChI is InChI=1S/C28H34N2O4S/c1-3-5-10-25-29-28(18-27(19-28)13-14-27)26(31)30(25)16-20-11-12-22(21(15-20)17-34-4-2)23-8-6-7-9-24(23)35(32)33/h6-9,11-12,15H,3-5,10,13-14,16-19H2,1-2H3,(H,32,33)/p-1. The van der Waals surface area contributed by atoms with Crippen LogP contribution < -0.4 is 0 Å². The molecule has 1 amide bonds. The summed E-state index contributed by atoms with van der Waals surface area (Å²) < 4.78 is 29.4. The molecule has 7 heteroatoms. The Balaban J connectivity index is 1.44. The molecule has 0 aromatic heterocycles. The molecule has 1 heterocycles. The highest BCUT2D eigenvalue weighted by molar-refractivity contribution is 7.79. The summed E-state index contributed by atoms with van der Waals surface area (Å²) in [6.45, 7) is 5.50. The second kappa shape index (κ2) is 9.60. The molecule has 1 aliphatic heterocycles. The lowest BCUT2D eigenvalue weighted by molar-refractivity contribution is -0.137. The molecule has 1 unspecified atom stereocenters. The number of unbranched alkanes of at least 4 members (excludes halogenated alkanes) is 1. The van der Waals surface area contributed by atoms with Crippen LogP contribution in [-0.4, -0.2) is 37.6 Å². The number of hydrogen-bond acceptors (Lipinski definition) is 5. The molecule has 0 N–H and O–H groups in total. The number of benzene rings is 2. The minimum absolute atomic E-state index is 0.156. The van der Waals surface area contributed by atoms with Crippen LogP contribution in [0.5, 0.6) is 0 Å². The molecule has 1 atom stereocenters. The van der Waals surface area contributed by atoms with E-state index in [0.29, 0.717) is 30.7 Å². The summed E-state index contributed by atoms with van der Waals surface area (Å²) in [6, 6.07) is 13.0. The highest BCUT2D eigenvalue weighted by Crippen LogP contribution is 2.67. The number of amidine groups is 1. The van der Waals surface area contributed by atoms with Crippen LogP contribution in [0.2, 0.25) is 0 Å². The second-order valence-corrected chi connectivity index (χ2v) is 11.2. The highest BCUT2D eigenvalue weighted by atomic mass is 32.2. The number of hydrogen-bond donors (Lipinski definition) is 0. The second-order valence-electron chi connectivity index (χ2n) is 10.3. The molecular formula is C28H33N2O4S-. The van der Waals surface area contributed by atoms with Gasteiger partial charge in [-0.3, -0.25) is 18.9 Å². The monoisotopic (exact) mass is 493 g/mol. The van der Waals surface area contributed by atoms with E-state index >= 15 is 0 Å². The molecular weight excluding hydrogens is 460 g/mol. The van der Waals surface area contributed by atoms with Gasteiger partial charge in [0.1, 0.15) is 11.4 Å². The van der Waals surface area contributed by atoms with E-state index in [1.807, 2.05) is 42.2 Å². The zero-order chi connectivity index (χ0) is 24.6. The van der Waals surface area contributed by atoms with Gasteiger partial charge in [-0.1, -0.05) is 49.7 Å². The third-order valence-corrected chi connectivity index (χ3v) is 8.39. The summed E-state index contributed by atoms with van der Waals surface area (Å²) >= 11 is -2.34. The van der Waals surface area contributed by atoms with Crippen LogP contribution in [0.4, 0.5) is 0 Å². The Morgan fingerprint density at radius 2 is 1.89 bits per heavy atom. The first-order chi connectivity index (χ1) is 16.9. The van der Waals surface area contributed by atoms with Crippen molar-refractivity contribution in [3.05, 3.63) is 53.6 Å². The van der Waals surface area contributed by atoms with Crippen molar-refractivity contribution < 1.29 is 18.3 Å². The molecule has 0 radical (unpaired) electrons. The molecule has 2 aromatic rings. The lowest BCUT2D eigenvalue weighted by Gasteiger charge is -2.42. The van der Waals surface area contributed by atoms with Crippen LogP contribution in [0.3, 0.4) is 0 Å². The third-order valence-electron chi connectivity index (χ3n) is 7.67. The van der Waals surface area contributed by atoms with Crippen LogP contribution >= 0.6 is 0 Å². The van der Waals surface area contributed by atoms with Crippen LogP contribution in [0.15, 0.2) is 52.4 Å². The predicted molar refractivity (Wildman–Crippen MR) is 136 cm³/mol. The molecule has 186 valence electrons. The first-order valence-electron chi connectivity index (χ1n) is 12.7. The van der Waals surface area contributed by atoms with Gasteiger partial charge in [0, 0.05) is 17.9 Å². The number of carbonyl (C=O) groups excluding carboxylic acids is 1. The average molecular weight is 494 g/mol. The van der Waals surface area contributed by atoms with Gasteiger partial charge in [-0.2, -0.15) is 0 Å². The van der Waals surface area contributed by atoms with Crippen molar-refractivity contribution in [1.82, 2.24) is 4.90 Å². The van der Waals surface area contributed by atoms with E-state index in [2.05, 4.69) is 6.92 Å². The number of rotatable bonds is 10. The SMILES string of the molecule is CCCCC1=NC2(CC3(CC3)C2)C(=O)N1Cc1ccc(-c2ccccc2S(=O)[O-])c(COCC)c1. The van der Waals surface area contributed by atoms with Gasteiger partial charge in [0.15, 0.2) is 0 Å². The predicted octanol–water partition coefficient (Wildman–Crippen LogP) is 5.37. The van der Waals surface area contributed by atoms with Crippen LogP contribution in [0.1, 0.15) is 69.9 Å². The molecule has 2 fully saturated rings. The molecule has 2 spiro atoms. The molecule has 2 aromatic carbocycles. The maximum absolute atomic E-state index is 13.6. The van der Waals surface area contributed by atoms with E-state index in [4.69, 9.17) is 9.73 Å². The van der Waals surface area contributed by atoms with Crippen molar-refractivity contribution in [2.24, 2.45) is 10.4 Å². The van der Waals surface area contributed by atoms with Crippen LogP contribution in [0.25, 0.3) is 11.1 Å². The molecule has 2 aliphatic carbocycles. The highest BCUT2D eigenvalue weighted by Gasteiger charge is 2.67. The van der Waals surface area contributed by atoms with Crippen molar-refractivity contribution >= 4 is 22.8 Å². The number of nitrogens with zero attached hydrogens (tertiary/aromatic N) is 2. The maximum atomic E-state index is 13.6. The molecule has 0 saturated heterocycles. The van der Waals surface area contributed by atoms with E-state index in [1.165, 1.54) is 12.8 Å².